The highest BCUT2D eigenvalue weighted by molar-refractivity contribution is 7.89. The summed E-state index contributed by atoms with van der Waals surface area (Å²) in [6, 6.07) is 4.31. The summed E-state index contributed by atoms with van der Waals surface area (Å²) in [5.41, 5.74) is 2.21. The molecule has 1 heterocycles. The van der Waals surface area contributed by atoms with Gasteiger partial charge < -0.3 is 10.2 Å². The normalized spacial score (nSPS) is 21.6. The molecule has 0 radical (unpaired) electrons. The van der Waals surface area contributed by atoms with E-state index in [4.69, 9.17) is 5.14 Å². The van der Waals surface area contributed by atoms with Gasteiger partial charge in [-0.05, 0) is 55.7 Å². The third kappa shape index (κ3) is 3.62. The Morgan fingerprint density at radius 2 is 2.04 bits per heavy atom. The highest BCUT2D eigenvalue weighted by Crippen LogP contribution is 2.34. The van der Waals surface area contributed by atoms with Crippen LogP contribution in [-0.2, 0) is 14.8 Å². The van der Waals surface area contributed by atoms with Crippen LogP contribution in [0.3, 0.4) is 0 Å². The monoisotopic (exact) mass is 349 g/mol. The van der Waals surface area contributed by atoms with Gasteiger partial charge in [0.1, 0.15) is 6.04 Å². The zero-order valence-corrected chi connectivity index (χ0v) is 14.8. The highest BCUT2D eigenvalue weighted by Gasteiger charge is 2.32. The molecule has 2 aliphatic rings. The molecular formula is C17H23N3O3S. The maximum absolute atomic E-state index is 12.5. The number of sulfonamides is 1. The third-order valence-corrected chi connectivity index (χ3v) is 5.48. The van der Waals surface area contributed by atoms with E-state index in [9.17, 15) is 13.2 Å². The van der Waals surface area contributed by atoms with E-state index in [1.165, 1.54) is 18.9 Å². The zero-order valence-electron chi connectivity index (χ0n) is 14.0. The largest absolute Gasteiger partial charge is 0.385 e. The van der Waals surface area contributed by atoms with Crippen molar-refractivity contribution in [2.24, 2.45) is 11.1 Å². The van der Waals surface area contributed by atoms with Crippen LogP contribution in [0.5, 0.6) is 0 Å². The molecule has 3 N–H and O–H groups in total. The molecular weight excluding hydrogens is 326 g/mol. The summed E-state index contributed by atoms with van der Waals surface area (Å²) in [6.45, 7) is 2.75. The number of anilines is 1. The summed E-state index contributed by atoms with van der Waals surface area (Å²) in [4.78, 5) is 14.3. The van der Waals surface area contributed by atoms with Crippen molar-refractivity contribution >= 4 is 21.5 Å². The van der Waals surface area contributed by atoms with E-state index >= 15 is 0 Å². The van der Waals surface area contributed by atoms with Crippen LogP contribution < -0.4 is 10.5 Å². The standard InChI is InChI=1S/C17H23N3O3S/c1-11-7-15(21)17(20(2)10-11)14-8-13(19-9-12-3-4-12)5-6-16(14)24(18,22)23/h5-6,8,10,12,17,19H,3-4,7,9H2,1-2H3,(H2,18,22,23). The molecule has 7 heteroatoms. The van der Waals surface area contributed by atoms with Crippen molar-refractivity contribution in [3.05, 3.63) is 35.5 Å². The molecule has 6 nitrogen and oxygen atoms in total. The van der Waals surface area contributed by atoms with Crippen LogP contribution in [0.1, 0.15) is 37.8 Å². The summed E-state index contributed by atoms with van der Waals surface area (Å²) in [7, 11) is -2.13. The molecule has 1 atom stereocenters. The fourth-order valence-corrected chi connectivity index (χ4v) is 3.93. The fourth-order valence-electron chi connectivity index (χ4n) is 3.17. The van der Waals surface area contributed by atoms with E-state index in [-0.39, 0.29) is 10.7 Å². The molecule has 1 saturated carbocycles. The number of allylic oxidation sites excluding steroid dienone is 1. The second-order valence-electron chi connectivity index (χ2n) is 6.81. The van der Waals surface area contributed by atoms with E-state index < -0.39 is 16.1 Å². The van der Waals surface area contributed by atoms with Crippen molar-refractivity contribution in [1.82, 2.24) is 4.90 Å². The molecule has 1 aromatic rings. The Labute approximate surface area is 142 Å². The number of nitrogens with two attached hydrogens (primary N) is 1. The Morgan fingerprint density at radius 3 is 2.62 bits per heavy atom. The average molecular weight is 349 g/mol. The second-order valence-corrected chi connectivity index (χ2v) is 8.34. The summed E-state index contributed by atoms with van der Waals surface area (Å²) >= 11 is 0. The SMILES string of the molecule is CC1=CN(C)C(c2cc(NCC3CC3)ccc2S(N)(=O)=O)C(=O)C1. The maximum atomic E-state index is 12.5. The summed E-state index contributed by atoms with van der Waals surface area (Å²) < 4.78 is 23.9. The first kappa shape index (κ1) is 17.0. The number of nitrogens with one attached hydrogen (secondary N) is 1. The molecule has 0 aromatic heterocycles. The lowest BCUT2D eigenvalue weighted by Crippen LogP contribution is -2.32. The van der Waals surface area contributed by atoms with Crippen LogP contribution in [0, 0.1) is 5.92 Å². The molecule has 1 unspecified atom stereocenters. The van der Waals surface area contributed by atoms with Gasteiger partial charge in [0.05, 0.1) is 4.90 Å². The van der Waals surface area contributed by atoms with Crippen molar-refractivity contribution in [1.29, 1.82) is 0 Å². The average Bonchev–Trinajstić information content (AvgIpc) is 3.27. The van der Waals surface area contributed by atoms with E-state index in [0.717, 1.165) is 17.8 Å². The number of nitrogens with zero attached hydrogens (tertiary/aromatic N) is 1. The molecule has 3 rings (SSSR count). The summed E-state index contributed by atoms with van der Waals surface area (Å²) in [6.07, 6.45) is 4.65. The van der Waals surface area contributed by atoms with Gasteiger partial charge in [0.2, 0.25) is 10.0 Å². The Bertz CT molecular complexity index is 797. The molecule has 0 bridgehead atoms. The lowest BCUT2D eigenvalue weighted by molar-refractivity contribution is -0.123. The molecule has 1 aromatic carbocycles. The van der Waals surface area contributed by atoms with Gasteiger partial charge in [0, 0.05) is 31.3 Å². The molecule has 1 aliphatic heterocycles. The van der Waals surface area contributed by atoms with Crippen LogP contribution >= 0.6 is 0 Å². The van der Waals surface area contributed by atoms with Crippen LogP contribution in [-0.4, -0.2) is 32.7 Å². The number of ketones is 1. The zero-order chi connectivity index (χ0) is 17.5. The Kier molecular flexibility index (Phi) is 4.40. The first-order valence-electron chi connectivity index (χ1n) is 8.08. The lowest BCUT2D eigenvalue weighted by atomic mass is 9.93. The van der Waals surface area contributed by atoms with Crippen molar-refractivity contribution in [2.75, 3.05) is 18.9 Å². The molecule has 0 saturated heterocycles. The van der Waals surface area contributed by atoms with Gasteiger partial charge in [-0.1, -0.05) is 0 Å². The summed E-state index contributed by atoms with van der Waals surface area (Å²) in [5.74, 6) is 0.665. The molecule has 1 fully saturated rings. The fraction of sp³-hybridized carbons (Fsp3) is 0.471. The number of carbonyl (C=O) groups is 1. The number of carbonyl (C=O) groups excluding carboxylic acids is 1. The van der Waals surface area contributed by atoms with Gasteiger partial charge in [-0.25, -0.2) is 13.6 Å². The first-order valence-corrected chi connectivity index (χ1v) is 9.63. The predicted molar refractivity (Wildman–Crippen MR) is 92.9 cm³/mol. The number of likely N-dealkylation sites (N-methyl/N-ethyl adjacent to an activating group) is 1. The minimum atomic E-state index is -3.91. The van der Waals surface area contributed by atoms with E-state index in [2.05, 4.69) is 5.32 Å². The van der Waals surface area contributed by atoms with Gasteiger partial charge in [-0.15, -0.1) is 0 Å². The lowest BCUT2D eigenvalue weighted by Gasteiger charge is -2.32. The minimum absolute atomic E-state index is 0.0117. The van der Waals surface area contributed by atoms with Crippen LogP contribution in [0.2, 0.25) is 0 Å². The number of Topliss-reactive ketones (excluding diaryl/α,β-unsaturated/α-hetero) is 1. The van der Waals surface area contributed by atoms with E-state index in [0.29, 0.717) is 17.9 Å². The molecule has 0 spiro atoms. The smallest absolute Gasteiger partial charge is 0.238 e. The highest BCUT2D eigenvalue weighted by atomic mass is 32.2. The third-order valence-electron chi connectivity index (χ3n) is 4.49. The first-order chi connectivity index (χ1) is 11.3. The minimum Gasteiger partial charge on any atom is -0.385 e. The maximum Gasteiger partial charge on any atom is 0.238 e. The Hall–Kier alpha value is -1.86. The van der Waals surface area contributed by atoms with Crippen LogP contribution in [0.15, 0.2) is 34.9 Å². The predicted octanol–water partition coefficient (Wildman–Crippen LogP) is 2.01. The summed E-state index contributed by atoms with van der Waals surface area (Å²) in [5, 5.41) is 8.69. The Morgan fingerprint density at radius 1 is 1.33 bits per heavy atom. The molecule has 24 heavy (non-hydrogen) atoms. The van der Waals surface area contributed by atoms with Gasteiger partial charge in [-0.2, -0.15) is 0 Å². The molecule has 130 valence electrons. The van der Waals surface area contributed by atoms with Crippen molar-refractivity contribution in [3.8, 4) is 0 Å². The van der Waals surface area contributed by atoms with Crippen LogP contribution in [0.4, 0.5) is 5.69 Å². The topological polar surface area (TPSA) is 92.5 Å². The van der Waals surface area contributed by atoms with Crippen molar-refractivity contribution < 1.29 is 13.2 Å². The van der Waals surface area contributed by atoms with Gasteiger partial charge >= 0.3 is 0 Å². The number of primary sulfonamides is 1. The van der Waals surface area contributed by atoms with Gasteiger partial charge in [0.15, 0.2) is 5.78 Å². The molecule has 0 amide bonds. The number of hydrogen-bond acceptors (Lipinski definition) is 5. The van der Waals surface area contributed by atoms with Gasteiger partial charge in [-0.3, -0.25) is 4.79 Å². The second kappa shape index (κ2) is 6.22. The number of benzene rings is 1. The van der Waals surface area contributed by atoms with Gasteiger partial charge in [0.25, 0.3) is 0 Å². The number of hydrogen-bond donors (Lipinski definition) is 2. The quantitative estimate of drug-likeness (QED) is 0.848. The number of rotatable bonds is 5. The van der Waals surface area contributed by atoms with Crippen LogP contribution in [0.25, 0.3) is 0 Å². The van der Waals surface area contributed by atoms with E-state index in [1.807, 2.05) is 13.1 Å². The Balaban J connectivity index is 2.01. The van der Waals surface area contributed by atoms with Crippen molar-refractivity contribution in [2.45, 2.75) is 37.1 Å². The van der Waals surface area contributed by atoms with Crippen molar-refractivity contribution in [3.63, 3.8) is 0 Å². The molecule has 1 aliphatic carbocycles. The van der Waals surface area contributed by atoms with E-state index in [1.54, 1.807) is 24.1 Å².